The van der Waals surface area contributed by atoms with Gasteiger partial charge in [0.2, 0.25) is 0 Å². The fourth-order valence-electron chi connectivity index (χ4n) is 2.23. The highest BCUT2D eigenvalue weighted by Gasteiger charge is 2.24. The smallest absolute Gasteiger partial charge is 0.0725 e. The van der Waals surface area contributed by atoms with Gasteiger partial charge in [-0.25, -0.2) is 0 Å². The summed E-state index contributed by atoms with van der Waals surface area (Å²) in [7, 11) is 0. The van der Waals surface area contributed by atoms with Crippen LogP contribution in [0.3, 0.4) is 0 Å². The summed E-state index contributed by atoms with van der Waals surface area (Å²) in [5, 5.41) is 9.41. The van der Waals surface area contributed by atoms with Crippen LogP contribution in [0.2, 0.25) is 0 Å². The summed E-state index contributed by atoms with van der Waals surface area (Å²) < 4.78 is 5.41. The Kier molecular flexibility index (Phi) is 2.70. The van der Waals surface area contributed by atoms with Crippen LogP contribution in [0.15, 0.2) is 12.1 Å². The predicted octanol–water partition coefficient (Wildman–Crippen LogP) is 1.96. The third kappa shape index (κ3) is 1.66. The summed E-state index contributed by atoms with van der Waals surface area (Å²) in [6.45, 7) is 1.44. The Morgan fingerprint density at radius 1 is 1.06 bits per heavy atom. The lowest BCUT2D eigenvalue weighted by Crippen LogP contribution is -2.03. The molecule has 3 rings (SSSR count). The van der Waals surface area contributed by atoms with Crippen molar-refractivity contribution in [3.8, 4) is 0 Å². The van der Waals surface area contributed by atoms with E-state index in [1.54, 1.807) is 0 Å². The van der Waals surface area contributed by atoms with Gasteiger partial charge in [0.25, 0.3) is 0 Å². The zero-order valence-corrected chi connectivity index (χ0v) is 8.94. The highest BCUT2D eigenvalue weighted by molar-refractivity contribution is 5.55. The average Bonchev–Trinajstić information content (AvgIpc) is 2.97. The quantitative estimate of drug-likeness (QED) is 0.813. The van der Waals surface area contributed by atoms with Crippen LogP contribution < -0.4 is 0 Å². The lowest BCUT2D eigenvalue weighted by atomic mass is 9.90. The number of benzene rings is 1. The highest BCUT2D eigenvalue weighted by Crippen LogP contribution is 2.35. The van der Waals surface area contributed by atoms with Crippen molar-refractivity contribution in [2.24, 2.45) is 0 Å². The second-order valence-electron chi connectivity index (χ2n) is 4.10. The van der Waals surface area contributed by atoms with Crippen molar-refractivity contribution in [3.05, 3.63) is 66.0 Å². The van der Waals surface area contributed by atoms with Gasteiger partial charge in [0.1, 0.15) is 0 Å². The summed E-state index contributed by atoms with van der Waals surface area (Å²) in [5.74, 6) is 1.17. The zero-order chi connectivity index (χ0) is 11.0. The first-order valence-corrected chi connectivity index (χ1v) is 5.44. The maximum Gasteiger partial charge on any atom is 0.0725 e. The topological polar surface area (TPSA) is 29.5 Å². The summed E-state index contributed by atoms with van der Waals surface area (Å²) in [5.41, 5.74) is 4.56. The summed E-state index contributed by atoms with van der Waals surface area (Å²) in [4.78, 5) is 0. The molecule has 0 atom stereocenters. The van der Waals surface area contributed by atoms with Crippen LogP contribution in [0.5, 0.6) is 0 Å². The van der Waals surface area contributed by atoms with Crippen molar-refractivity contribution in [1.82, 2.24) is 0 Å². The highest BCUT2D eigenvalue weighted by atomic mass is 16.5. The van der Waals surface area contributed by atoms with E-state index in [0.29, 0.717) is 13.2 Å². The Bertz CT molecular complexity index is 392. The Labute approximate surface area is 96.2 Å². The molecule has 81 valence electrons. The molecule has 2 nitrogen and oxygen atoms in total. The van der Waals surface area contributed by atoms with E-state index in [0.717, 1.165) is 11.1 Å². The molecule has 0 amide bonds. The number of hydrogen-bond donors (Lipinski definition) is 1. The standard InChI is InChI=1S/C14H13O2/c15-7-11-5-12-8-16-9-13(12)6-14(11)10-3-1-2-4-10/h1-6,15H,7-9H2. The molecule has 0 unspecified atom stereocenters. The van der Waals surface area contributed by atoms with E-state index in [1.807, 2.05) is 12.8 Å². The molecule has 0 bridgehead atoms. The number of rotatable bonds is 2. The molecule has 1 aromatic rings. The van der Waals surface area contributed by atoms with E-state index >= 15 is 0 Å². The molecule has 2 aliphatic rings. The zero-order valence-electron chi connectivity index (χ0n) is 8.94. The van der Waals surface area contributed by atoms with Gasteiger partial charge < -0.3 is 9.84 Å². The van der Waals surface area contributed by atoms with Gasteiger partial charge in [-0.1, -0.05) is 12.1 Å². The van der Waals surface area contributed by atoms with Crippen LogP contribution in [-0.2, 0) is 24.6 Å². The summed E-state index contributed by atoms with van der Waals surface area (Å²) in [6, 6.07) is 4.20. The second-order valence-corrected chi connectivity index (χ2v) is 4.10. The monoisotopic (exact) mass is 213 g/mol. The van der Waals surface area contributed by atoms with Crippen LogP contribution in [0.1, 0.15) is 22.3 Å². The minimum atomic E-state index is 0.0772. The van der Waals surface area contributed by atoms with Gasteiger partial charge in [0, 0.05) is 5.92 Å². The first-order valence-electron chi connectivity index (χ1n) is 5.44. The molecule has 2 heteroatoms. The van der Waals surface area contributed by atoms with Crippen LogP contribution in [-0.4, -0.2) is 5.11 Å². The predicted molar refractivity (Wildman–Crippen MR) is 60.4 cm³/mol. The van der Waals surface area contributed by atoms with Gasteiger partial charge in [0.15, 0.2) is 0 Å². The third-order valence-corrected chi connectivity index (χ3v) is 3.08. The molecule has 5 radical (unpaired) electrons. The third-order valence-electron chi connectivity index (χ3n) is 3.08. The van der Waals surface area contributed by atoms with Gasteiger partial charge in [-0.2, -0.15) is 0 Å². The van der Waals surface area contributed by atoms with Gasteiger partial charge in [-0.15, -0.1) is 0 Å². The first kappa shape index (κ1) is 10.3. The van der Waals surface area contributed by atoms with Crippen molar-refractivity contribution in [1.29, 1.82) is 0 Å². The number of aliphatic hydroxyl groups is 1. The number of fused-ring (bicyclic) bond motifs is 1. The van der Waals surface area contributed by atoms with Crippen LogP contribution in [0.25, 0.3) is 0 Å². The molecule has 1 fully saturated rings. The Morgan fingerprint density at radius 2 is 1.75 bits per heavy atom. The molecule has 1 saturated carbocycles. The van der Waals surface area contributed by atoms with E-state index < -0.39 is 0 Å². The maximum atomic E-state index is 9.41. The van der Waals surface area contributed by atoms with Gasteiger partial charge in [-0.3, -0.25) is 0 Å². The molecule has 0 saturated heterocycles. The van der Waals surface area contributed by atoms with E-state index in [1.165, 1.54) is 17.0 Å². The van der Waals surface area contributed by atoms with Gasteiger partial charge in [0.05, 0.1) is 19.8 Å². The second kappa shape index (κ2) is 4.19. The number of hydrogen-bond acceptors (Lipinski definition) is 2. The normalized spacial score (nSPS) is 20.3. The Morgan fingerprint density at radius 3 is 2.44 bits per heavy atom. The molecule has 1 heterocycles. The molecule has 1 aliphatic carbocycles. The van der Waals surface area contributed by atoms with Crippen molar-refractivity contribution < 1.29 is 9.84 Å². The van der Waals surface area contributed by atoms with Gasteiger partial charge in [-0.05, 0) is 47.9 Å². The summed E-state index contributed by atoms with van der Waals surface area (Å²) in [6.07, 6.45) is 8.16. The minimum absolute atomic E-state index is 0.0772. The number of aliphatic hydroxyl groups excluding tert-OH is 1. The number of ether oxygens (including phenoxy) is 1. The lowest BCUT2D eigenvalue weighted by molar-refractivity contribution is 0.134. The molecule has 1 aromatic carbocycles. The van der Waals surface area contributed by atoms with Crippen LogP contribution in [0.4, 0.5) is 0 Å². The van der Waals surface area contributed by atoms with E-state index in [4.69, 9.17) is 4.74 Å². The van der Waals surface area contributed by atoms with Crippen LogP contribution in [0, 0.1) is 31.6 Å². The van der Waals surface area contributed by atoms with E-state index in [2.05, 4.69) is 25.0 Å². The molecule has 0 spiro atoms. The fraction of sp³-hybridized carbons (Fsp3) is 0.214. The first-order chi connectivity index (χ1) is 7.88. The Balaban J connectivity index is 2.01. The molecular formula is C14H13O2. The Hall–Kier alpha value is -0.860. The SMILES string of the molecule is OCc1cc2c(cc1[C]1[CH][CH][CH][CH]1)COC2. The largest absolute Gasteiger partial charge is 0.392 e. The maximum absolute atomic E-state index is 9.41. The van der Waals surface area contributed by atoms with Crippen molar-refractivity contribution in [2.45, 2.75) is 19.8 Å². The van der Waals surface area contributed by atoms with Crippen molar-refractivity contribution >= 4 is 0 Å². The fourth-order valence-corrected chi connectivity index (χ4v) is 2.23. The molecule has 1 aliphatic heterocycles. The van der Waals surface area contributed by atoms with Crippen LogP contribution >= 0.6 is 0 Å². The van der Waals surface area contributed by atoms with E-state index in [9.17, 15) is 5.11 Å². The molecular weight excluding hydrogens is 200 g/mol. The molecule has 16 heavy (non-hydrogen) atoms. The average molecular weight is 213 g/mol. The van der Waals surface area contributed by atoms with Crippen molar-refractivity contribution in [3.63, 3.8) is 0 Å². The molecule has 1 N–H and O–H groups in total. The summed E-state index contributed by atoms with van der Waals surface area (Å²) >= 11 is 0. The lowest BCUT2D eigenvalue weighted by Gasteiger charge is -2.14. The van der Waals surface area contributed by atoms with E-state index in [-0.39, 0.29) is 6.61 Å². The minimum Gasteiger partial charge on any atom is -0.392 e. The van der Waals surface area contributed by atoms with Crippen molar-refractivity contribution in [2.75, 3.05) is 0 Å². The molecule has 0 aromatic heterocycles. The van der Waals surface area contributed by atoms with Gasteiger partial charge >= 0.3 is 0 Å².